The van der Waals surface area contributed by atoms with Gasteiger partial charge in [0.05, 0.1) is 0 Å². The van der Waals surface area contributed by atoms with E-state index >= 15 is 0 Å². The summed E-state index contributed by atoms with van der Waals surface area (Å²) in [6, 6.07) is 80.7. The zero-order chi connectivity index (χ0) is 38.4. The maximum absolute atomic E-state index is 6.44. The fourth-order valence-electron chi connectivity index (χ4n) is 8.65. The van der Waals surface area contributed by atoms with Crippen molar-refractivity contribution in [3.05, 3.63) is 224 Å². The molecule has 1 heterocycles. The SMILES string of the molecule is c1cc(-c2ccc(-c3cccc4ccccc34)cc2)cc(N(c2ccc(-c3cccc4c3oc3ccccc34)cc2)c2cccc(-c3cccc4ccccc34)c2)c1. The Balaban J connectivity index is 1.01. The van der Waals surface area contributed by atoms with Crippen molar-refractivity contribution in [2.24, 2.45) is 0 Å². The Labute approximate surface area is 337 Å². The molecule has 2 nitrogen and oxygen atoms in total. The van der Waals surface area contributed by atoms with Crippen LogP contribution in [0.4, 0.5) is 17.1 Å². The molecule has 0 saturated heterocycles. The summed E-state index contributed by atoms with van der Waals surface area (Å²) in [7, 11) is 0. The van der Waals surface area contributed by atoms with Crippen molar-refractivity contribution in [2.75, 3.05) is 4.90 Å². The number of benzene rings is 10. The third-order valence-electron chi connectivity index (χ3n) is 11.5. The lowest BCUT2D eigenvalue weighted by Gasteiger charge is -2.27. The highest BCUT2D eigenvalue weighted by Crippen LogP contribution is 2.42. The highest BCUT2D eigenvalue weighted by atomic mass is 16.3. The van der Waals surface area contributed by atoms with Crippen molar-refractivity contribution in [2.45, 2.75) is 0 Å². The normalized spacial score (nSPS) is 11.4. The highest BCUT2D eigenvalue weighted by Gasteiger charge is 2.17. The van der Waals surface area contributed by atoms with Crippen LogP contribution in [0.25, 0.3) is 88.0 Å². The monoisotopic (exact) mass is 739 g/mol. The lowest BCUT2D eigenvalue weighted by atomic mass is 9.96. The maximum Gasteiger partial charge on any atom is 0.143 e. The van der Waals surface area contributed by atoms with Gasteiger partial charge in [-0.2, -0.15) is 0 Å². The topological polar surface area (TPSA) is 16.4 Å². The first-order chi connectivity index (χ1) is 28.7. The average molecular weight is 740 g/mol. The number of para-hydroxylation sites is 2. The number of nitrogens with zero attached hydrogens (tertiary/aromatic N) is 1. The second-order valence-corrected chi connectivity index (χ2v) is 14.9. The fraction of sp³-hybridized carbons (Fsp3) is 0. The van der Waals surface area contributed by atoms with Crippen LogP contribution in [0.1, 0.15) is 0 Å². The summed E-state index contributed by atoms with van der Waals surface area (Å²) >= 11 is 0. The summed E-state index contributed by atoms with van der Waals surface area (Å²) in [5, 5.41) is 7.26. The Bertz CT molecular complexity index is 3270. The standard InChI is InChI=1S/C56H37NO/c1-3-20-48-39(12-1)14-9-23-50(48)41-30-28-38(29-31-41)43-16-7-18-46(36-43)57(47-19-8-17-44(37-47)51-24-10-15-40-13-2-4-21-49(40)51)45-34-32-42(33-35-45)52-25-11-26-54-53-22-5-6-27-55(53)58-56(52)54/h1-37H. The molecule has 1 aromatic heterocycles. The Kier molecular flexibility index (Phi) is 8.19. The number of anilines is 3. The van der Waals surface area contributed by atoms with Crippen molar-refractivity contribution in [1.29, 1.82) is 0 Å². The van der Waals surface area contributed by atoms with Gasteiger partial charge >= 0.3 is 0 Å². The molecule has 0 aliphatic rings. The molecular weight excluding hydrogens is 703 g/mol. The van der Waals surface area contributed by atoms with Crippen LogP contribution >= 0.6 is 0 Å². The number of rotatable bonds is 7. The van der Waals surface area contributed by atoms with Crippen molar-refractivity contribution in [3.63, 3.8) is 0 Å². The van der Waals surface area contributed by atoms with Crippen molar-refractivity contribution >= 4 is 60.5 Å². The molecule has 0 aliphatic carbocycles. The minimum Gasteiger partial charge on any atom is -0.455 e. The van der Waals surface area contributed by atoms with E-state index < -0.39 is 0 Å². The third kappa shape index (κ3) is 5.91. The molecule has 0 atom stereocenters. The molecule has 0 bridgehead atoms. The number of hydrogen-bond donors (Lipinski definition) is 0. The summed E-state index contributed by atoms with van der Waals surface area (Å²) in [5.74, 6) is 0. The molecule has 2 heteroatoms. The average Bonchev–Trinajstić information content (AvgIpc) is 3.68. The summed E-state index contributed by atoms with van der Waals surface area (Å²) in [6.45, 7) is 0. The van der Waals surface area contributed by atoms with Crippen LogP contribution in [0.15, 0.2) is 229 Å². The molecule has 11 aromatic rings. The molecule has 272 valence electrons. The van der Waals surface area contributed by atoms with Crippen molar-refractivity contribution in [3.8, 4) is 44.5 Å². The van der Waals surface area contributed by atoms with Gasteiger partial charge in [0, 0.05) is 33.4 Å². The lowest BCUT2D eigenvalue weighted by molar-refractivity contribution is 0.670. The Hall–Kier alpha value is -7.68. The molecule has 0 amide bonds. The Morgan fingerprint density at radius 1 is 0.276 bits per heavy atom. The lowest BCUT2D eigenvalue weighted by Crippen LogP contribution is -2.10. The van der Waals surface area contributed by atoms with Gasteiger partial charge in [0.15, 0.2) is 0 Å². The molecule has 0 unspecified atom stereocenters. The van der Waals surface area contributed by atoms with Gasteiger partial charge in [-0.1, -0.05) is 182 Å². The summed E-state index contributed by atoms with van der Waals surface area (Å²) in [5.41, 5.74) is 14.4. The second-order valence-electron chi connectivity index (χ2n) is 14.9. The van der Waals surface area contributed by atoms with E-state index in [0.717, 1.165) is 55.7 Å². The van der Waals surface area contributed by atoms with Crippen LogP contribution in [-0.4, -0.2) is 0 Å². The summed E-state index contributed by atoms with van der Waals surface area (Å²) in [6.07, 6.45) is 0. The van der Waals surface area contributed by atoms with E-state index in [1.54, 1.807) is 0 Å². The van der Waals surface area contributed by atoms with Gasteiger partial charge in [-0.3, -0.25) is 0 Å². The predicted octanol–water partition coefficient (Wildman–Crippen LogP) is 16.0. The van der Waals surface area contributed by atoms with Crippen LogP contribution in [0.5, 0.6) is 0 Å². The van der Waals surface area contributed by atoms with E-state index in [9.17, 15) is 0 Å². The smallest absolute Gasteiger partial charge is 0.143 e. The van der Waals surface area contributed by atoms with E-state index in [-0.39, 0.29) is 0 Å². The van der Waals surface area contributed by atoms with E-state index in [4.69, 9.17) is 4.42 Å². The Morgan fingerprint density at radius 2 is 0.741 bits per heavy atom. The number of hydrogen-bond acceptors (Lipinski definition) is 2. The molecule has 11 rings (SSSR count). The van der Waals surface area contributed by atoms with E-state index in [1.165, 1.54) is 49.4 Å². The maximum atomic E-state index is 6.44. The first kappa shape index (κ1) is 33.6. The number of fused-ring (bicyclic) bond motifs is 5. The van der Waals surface area contributed by atoms with Gasteiger partial charge in [-0.25, -0.2) is 0 Å². The van der Waals surface area contributed by atoms with E-state index in [1.807, 2.05) is 12.1 Å². The molecule has 0 radical (unpaired) electrons. The predicted molar refractivity (Wildman–Crippen MR) is 245 cm³/mol. The molecule has 58 heavy (non-hydrogen) atoms. The molecule has 0 spiro atoms. The van der Waals surface area contributed by atoms with E-state index in [0.29, 0.717) is 0 Å². The van der Waals surface area contributed by atoms with Crippen LogP contribution in [0, 0.1) is 0 Å². The summed E-state index contributed by atoms with van der Waals surface area (Å²) < 4.78 is 6.44. The fourth-order valence-corrected chi connectivity index (χ4v) is 8.65. The quantitative estimate of drug-likeness (QED) is 0.162. The minimum absolute atomic E-state index is 0.905. The zero-order valence-corrected chi connectivity index (χ0v) is 31.7. The first-order valence-corrected chi connectivity index (χ1v) is 19.8. The van der Waals surface area contributed by atoms with Gasteiger partial charge in [-0.15, -0.1) is 0 Å². The third-order valence-corrected chi connectivity index (χ3v) is 11.5. The largest absolute Gasteiger partial charge is 0.455 e. The molecule has 0 aliphatic heterocycles. The molecule has 10 aromatic carbocycles. The zero-order valence-electron chi connectivity index (χ0n) is 31.7. The molecule has 0 saturated carbocycles. The molecule has 0 N–H and O–H groups in total. The van der Waals surface area contributed by atoms with Crippen LogP contribution in [0.3, 0.4) is 0 Å². The van der Waals surface area contributed by atoms with E-state index in [2.05, 4.69) is 217 Å². The molecular formula is C56H37NO. The van der Waals surface area contributed by atoms with Gasteiger partial charge < -0.3 is 9.32 Å². The van der Waals surface area contributed by atoms with Gasteiger partial charge in [0.1, 0.15) is 11.2 Å². The van der Waals surface area contributed by atoms with Crippen molar-refractivity contribution < 1.29 is 4.42 Å². The van der Waals surface area contributed by atoms with Gasteiger partial charge in [0.2, 0.25) is 0 Å². The van der Waals surface area contributed by atoms with Crippen LogP contribution in [0.2, 0.25) is 0 Å². The summed E-state index contributed by atoms with van der Waals surface area (Å²) in [4.78, 5) is 2.37. The Morgan fingerprint density at radius 3 is 1.45 bits per heavy atom. The van der Waals surface area contributed by atoms with Crippen LogP contribution < -0.4 is 4.90 Å². The highest BCUT2D eigenvalue weighted by molar-refractivity contribution is 6.09. The van der Waals surface area contributed by atoms with Gasteiger partial charge in [0.25, 0.3) is 0 Å². The van der Waals surface area contributed by atoms with Crippen LogP contribution in [-0.2, 0) is 0 Å². The van der Waals surface area contributed by atoms with Gasteiger partial charge in [-0.05, 0) is 103 Å². The number of furan rings is 1. The first-order valence-electron chi connectivity index (χ1n) is 19.8. The second kappa shape index (κ2) is 14.1. The molecule has 0 fully saturated rings. The van der Waals surface area contributed by atoms with Crippen molar-refractivity contribution in [1.82, 2.24) is 0 Å². The minimum atomic E-state index is 0.905.